The highest BCUT2D eigenvalue weighted by Gasteiger charge is 2.40. The van der Waals surface area contributed by atoms with E-state index in [1.54, 1.807) is 0 Å². The van der Waals surface area contributed by atoms with E-state index in [4.69, 9.17) is 4.74 Å². The SMILES string of the molecule is Cc1cccc(Nc2nc(N[C@@H]3CCOC[C@@H]3N(C(=O)O)C(C)(C)C)c(F)c3c2C(=O)NC3)c1. The number of pyridine rings is 1. The number of halogens is 1. The van der Waals surface area contributed by atoms with Crippen molar-refractivity contribution in [1.29, 1.82) is 0 Å². The molecular formula is C24H30FN5O4. The fourth-order valence-electron chi connectivity index (χ4n) is 4.57. The second-order valence-corrected chi connectivity index (χ2v) is 9.66. The number of nitrogens with zero attached hydrogens (tertiary/aromatic N) is 2. The molecule has 2 amide bonds. The molecular weight excluding hydrogens is 441 g/mol. The van der Waals surface area contributed by atoms with E-state index in [1.165, 1.54) is 4.90 Å². The first kappa shape index (κ1) is 23.7. The molecule has 0 bridgehead atoms. The summed E-state index contributed by atoms with van der Waals surface area (Å²) in [5, 5.41) is 18.8. The Morgan fingerprint density at radius 1 is 1.32 bits per heavy atom. The molecule has 4 N–H and O–H groups in total. The molecule has 2 aliphatic rings. The summed E-state index contributed by atoms with van der Waals surface area (Å²) in [6, 6.07) is 6.59. The fraction of sp³-hybridized carbons (Fsp3) is 0.458. The number of fused-ring (bicyclic) bond motifs is 1. The van der Waals surface area contributed by atoms with Crippen molar-refractivity contribution in [3.05, 3.63) is 46.8 Å². The molecule has 4 rings (SSSR count). The van der Waals surface area contributed by atoms with Crippen LogP contribution in [0.25, 0.3) is 0 Å². The number of rotatable bonds is 5. The maximum absolute atomic E-state index is 15.5. The van der Waals surface area contributed by atoms with Crippen LogP contribution in [0, 0.1) is 12.7 Å². The minimum absolute atomic E-state index is 0.0263. The number of hydrogen-bond acceptors (Lipinski definition) is 6. The quantitative estimate of drug-likeness (QED) is 0.523. The van der Waals surface area contributed by atoms with Crippen molar-refractivity contribution >= 4 is 29.3 Å². The van der Waals surface area contributed by atoms with Gasteiger partial charge in [-0.15, -0.1) is 0 Å². The normalized spacial score (nSPS) is 19.9. The second-order valence-electron chi connectivity index (χ2n) is 9.66. The van der Waals surface area contributed by atoms with E-state index in [9.17, 15) is 14.7 Å². The molecule has 1 aromatic heterocycles. The number of carbonyl (C=O) groups is 2. The van der Waals surface area contributed by atoms with Gasteiger partial charge in [-0.1, -0.05) is 12.1 Å². The first-order chi connectivity index (χ1) is 16.1. The summed E-state index contributed by atoms with van der Waals surface area (Å²) < 4.78 is 21.1. The summed E-state index contributed by atoms with van der Waals surface area (Å²) in [5.74, 6) is -0.793. The van der Waals surface area contributed by atoms with Crippen LogP contribution < -0.4 is 16.0 Å². The number of ether oxygens (including phenoxy) is 1. The Balaban J connectivity index is 1.71. The van der Waals surface area contributed by atoms with Crippen molar-refractivity contribution in [2.45, 2.75) is 58.3 Å². The number of amides is 2. The summed E-state index contributed by atoms with van der Waals surface area (Å²) >= 11 is 0. The highest BCUT2D eigenvalue weighted by atomic mass is 19.1. The minimum atomic E-state index is -1.08. The Morgan fingerprint density at radius 3 is 2.76 bits per heavy atom. The van der Waals surface area contributed by atoms with Crippen molar-refractivity contribution in [2.24, 2.45) is 0 Å². The van der Waals surface area contributed by atoms with Crippen LogP contribution in [0.15, 0.2) is 24.3 Å². The number of aromatic nitrogens is 1. The van der Waals surface area contributed by atoms with Gasteiger partial charge in [-0.3, -0.25) is 9.69 Å². The van der Waals surface area contributed by atoms with Crippen molar-refractivity contribution < 1.29 is 23.8 Å². The van der Waals surface area contributed by atoms with Gasteiger partial charge in [0.25, 0.3) is 5.91 Å². The van der Waals surface area contributed by atoms with Crippen LogP contribution in [0.5, 0.6) is 0 Å². The maximum Gasteiger partial charge on any atom is 0.408 e. The highest BCUT2D eigenvalue weighted by Crippen LogP contribution is 2.33. The third kappa shape index (κ3) is 4.63. The van der Waals surface area contributed by atoms with E-state index in [-0.39, 0.29) is 35.9 Å². The summed E-state index contributed by atoms with van der Waals surface area (Å²) in [6.07, 6.45) is -0.602. The predicted molar refractivity (Wildman–Crippen MR) is 126 cm³/mol. The Hall–Kier alpha value is -3.40. The van der Waals surface area contributed by atoms with E-state index in [2.05, 4.69) is 20.9 Å². The molecule has 10 heteroatoms. The van der Waals surface area contributed by atoms with Gasteiger partial charge in [0, 0.05) is 29.9 Å². The van der Waals surface area contributed by atoms with E-state index in [0.717, 1.165) is 11.3 Å². The van der Waals surface area contributed by atoms with Crippen molar-refractivity contribution in [3.8, 4) is 0 Å². The molecule has 34 heavy (non-hydrogen) atoms. The molecule has 0 unspecified atom stereocenters. The average Bonchev–Trinajstić information content (AvgIpc) is 3.13. The third-order valence-corrected chi connectivity index (χ3v) is 6.08. The van der Waals surface area contributed by atoms with Gasteiger partial charge in [0.2, 0.25) is 0 Å². The van der Waals surface area contributed by atoms with Crippen molar-refractivity contribution in [1.82, 2.24) is 15.2 Å². The molecule has 3 heterocycles. The highest BCUT2D eigenvalue weighted by molar-refractivity contribution is 6.03. The van der Waals surface area contributed by atoms with Crippen LogP contribution in [-0.4, -0.2) is 57.8 Å². The molecule has 0 saturated carbocycles. The lowest BCUT2D eigenvalue weighted by Gasteiger charge is -2.45. The smallest absolute Gasteiger partial charge is 0.408 e. The van der Waals surface area contributed by atoms with Crippen LogP contribution in [0.1, 0.15) is 48.7 Å². The Labute approximate surface area is 197 Å². The molecule has 9 nitrogen and oxygen atoms in total. The summed E-state index contributed by atoms with van der Waals surface area (Å²) in [6.45, 7) is 8.02. The van der Waals surface area contributed by atoms with Gasteiger partial charge >= 0.3 is 6.09 Å². The molecule has 2 aliphatic heterocycles. The topological polar surface area (TPSA) is 116 Å². The number of nitrogens with one attached hydrogen (secondary N) is 3. The minimum Gasteiger partial charge on any atom is -0.465 e. The van der Waals surface area contributed by atoms with Gasteiger partial charge < -0.3 is 25.8 Å². The fourth-order valence-corrected chi connectivity index (χ4v) is 4.57. The number of benzene rings is 1. The molecule has 0 spiro atoms. The Morgan fingerprint density at radius 2 is 2.09 bits per heavy atom. The third-order valence-electron chi connectivity index (χ3n) is 6.08. The lowest BCUT2D eigenvalue weighted by Crippen LogP contribution is -2.60. The Kier molecular flexibility index (Phi) is 6.35. The number of carboxylic acid groups (broad SMARTS) is 1. The van der Waals surface area contributed by atoms with E-state index in [0.29, 0.717) is 13.0 Å². The molecule has 0 radical (unpaired) electrons. The van der Waals surface area contributed by atoms with E-state index < -0.39 is 35.4 Å². The molecule has 1 aromatic carbocycles. The monoisotopic (exact) mass is 471 g/mol. The predicted octanol–water partition coefficient (Wildman–Crippen LogP) is 3.86. The number of anilines is 3. The first-order valence-corrected chi connectivity index (χ1v) is 11.3. The Bertz CT molecular complexity index is 1120. The summed E-state index contributed by atoms with van der Waals surface area (Å²) in [5.41, 5.74) is 1.46. The number of aryl methyl sites for hydroxylation is 1. The molecule has 1 saturated heterocycles. The lowest BCUT2D eigenvalue weighted by atomic mass is 9.96. The van der Waals surface area contributed by atoms with Crippen molar-refractivity contribution in [3.63, 3.8) is 0 Å². The zero-order valence-electron chi connectivity index (χ0n) is 19.7. The van der Waals surface area contributed by atoms with Gasteiger partial charge in [-0.05, 0) is 51.8 Å². The lowest BCUT2D eigenvalue weighted by molar-refractivity contribution is -0.0156. The van der Waals surface area contributed by atoms with Gasteiger partial charge in [-0.2, -0.15) is 0 Å². The largest absolute Gasteiger partial charge is 0.465 e. The molecule has 182 valence electrons. The summed E-state index contributed by atoms with van der Waals surface area (Å²) in [4.78, 5) is 30.3. The molecule has 2 aromatic rings. The van der Waals surface area contributed by atoms with Crippen LogP contribution in [-0.2, 0) is 11.3 Å². The number of carbonyl (C=O) groups excluding carboxylic acids is 1. The first-order valence-electron chi connectivity index (χ1n) is 11.3. The molecule has 0 aliphatic carbocycles. The second kappa shape index (κ2) is 9.09. The van der Waals surface area contributed by atoms with Crippen LogP contribution in [0.2, 0.25) is 0 Å². The zero-order chi connectivity index (χ0) is 24.6. The van der Waals surface area contributed by atoms with Crippen molar-refractivity contribution in [2.75, 3.05) is 23.8 Å². The van der Waals surface area contributed by atoms with Crippen LogP contribution >= 0.6 is 0 Å². The van der Waals surface area contributed by atoms with E-state index in [1.807, 2.05) is 52.0 Å². The molecule has 2 atom stereocenters. The number of hydrogen-bond donors (Lipinski definition) is 4. The van der Waals surface area contributed by atoms with Gasteiger partial charge in [0.15, 0.2) is 11.6 Å². The van der Waals surface area contributed by atoms with Crippen LogP contribution in [0.3, 0.4) is 0 Å². The van der Waals surface area contributed by atoms with Gasteiger partial charge in [0.05, 0.1) is 24.3 Å². The zero-order valence-corrected chi connectivity index (χ0v) is 19.7. The average molecular weight is 472 g/mol. The van der Waals surface area contributed by atoms with Gasteiger partial charge in [0.1, 0.15) is 5.82 Å². The standard InChI is InChI=1S/C24H30FN5O4/c1-13-6-5-7-14(10-13)27-20-18-15(11-26-22(18)31)19(25)21(29-20)28-16-8-9-34-12-17(16)30(23(32)33)24(2,3)4/h5-7,10,16-17H,8-9,11-12H2,1-4H3,(H,26,31)(H,32,33)(H2,27,28,29)/t16-,17+/m1/s1. The van der Waals surface area contributed by atoms with Crippen LogP contribution in [0.4, 0.5) is 26.5 Å². The van der Waals surface area contributed by atoms with Gasteiger partial charge in [-0.25, -0.2) is 14.2 Å². The maximum atomic E-state index is 15.5. The van der Waals surface area contributed by atoms with E-state index >= 15 is 4.39 Å². The summed E-state index contributed by atoms with van der Waals surface area (Å²) in [7, 11) is 0. The molecule has 1 fully saturated rings.